The smallest absolute Gasteiger partial charge is 0.282 e. The number of aromatic nitrogens is 1. The number of benzene rings is 1. The van der Waals surface area contributed by atoms with Crippen LogP contribution in [-0.2, 0) is 25.4 Å². The van der Waals surface area contributed by atoms with E-state index in [9.17, 15) is 0 Å². The molecule has 1 aromatic heterocycles. The molecule has 0 unspecified atom stereocenters. The van der Waals surface area contributed by atoms with Crippen LogP contribution in [0.1, 0.15) is 37.6 Å². The van der Waals surface area contributed by atoms with Crippen molar-refractivity contribution in [3.05, 3.63) is 29.7 Å². The SMILES string of the molecule is Cc1oc(-c2ccc3c(c2)OCO3)nc1CCOCCCCC12OCC(C)(CO1)CO2. The van der Waals surface area contributed by atoms with Gasteiger partial charge in [0.15, 0.2) is 11.5 Å². The van der Waals surface area contributed by atoms with Gasteiger partial charge in [-0.2, -0.15) is 0 Å². The Morgan fingerprint density at radius 2 is 1.77 bits per heavy atom. The number of hydrogen-bond acceptors (Lipinski definition) is 8. The number of ether oxygens (including phenoxy) is 6. The Balaban J connectivity index is 1.03. The van der Waals surface area contributed by atoms with Crippen LogP contribution in [0.25, 0.3) is 11.5 Å². The highest BCUT2D eigenvalue weighted by Crippen LogP contribution is 2.40. The molecule has 0 atom stereocenters. The average molecular weight is 431 g/mol. The van der Waals surface area contributed by atoms with Crippen LogP contribution < -0.4 is 9.47 Å². The fourth-order valence-corrected chi connectivity index (χ4v) is 3.95. The quantitative estimate of drug-likeness (QED) is 0.554. The zero-order valence-electron chi connectivity index (χ0n) is 18.1. The van der Waals surface area contributed by atoms with Crippen LogP contribution in [0.2, 0.25) is 0 Å². The molecular formula is C23H29NO7. The van der Waals surface area contributed by atoms with Crippen molar-refractivity contribution in [1.29, 1.82) is 0 Å². The Kier molecular flexibility index (Phi) is 5.64. The van der Waals surface area contributed by atoms with E-state index in [1.165, 1.54) is 0 Å². The lowest BCUT2D eigenvalue weighted by atomic mass is 9.91. The van der Waals surface area contributed by atoms with E-state index in [0.29, 0.717) is 45.3 Å². The molecular weight excluding hydrogens is 402 g/mol. The van der Waals surface area contributed by atoms with Crippen molar-refractivity contribution in [2.75, 3.05) is 39.8 Å². The van der Waals surface area contributed by atoms with Crippen molar-refractivity contribution in [3.8, 4) is 23.0 Å². The number of nitrogens with zero attached hydrogens (tertiary/aromatic N) is 1. The lowest BCUT2D eigenvalue weighted by Crippen LogP contribution is -2.58. The Morgan fingerprint density at radius 3 is 2.58 bits per heavy atom. The van der Waals surface area contributed by atoms with Crippen LogP contribution in [0, 0.1) is 12.3 Å². The van der Waals surface area contributed by atoms with Gasteiger partial charge in [0, 0.05) is 30.4 Å². The van der Waals surface area contributed by atoms with Gasteiger partial charge in [0.2, 0.25) is 12.7 Å². The molecule has 2 bridgehead atoms. The second-order valence-corrected chi connectivity index (χ2v) is 8.77. The normalized spacial score (nSPS) is 26.5. The van der Waals surface area contributed by atoms with Crippen molar-refractivity contribution in [2.45, 2.75) is 45.5 Å². The van der Waals surface area contributed by atoms with E-state index in [1.54, 1.807) is 0 Å². The number of rotatable bonds is 9. The largest absolute Gasteiger partial charge is 0.454 e. The van der Waals surface area contributed by atoms with E-state index in [1.807, 2.05) is 25.1 Å². The molecule has 1 aromatic carbocycles. The van der Waals surface area contributed by atoms with Gasteiger partial charge in [0.1, 0.15) is 5.76 Å². The standard InChI is InChI=1S/C23H29NO7/c1-16-18(24-21(31-16)17-5-6-19-20(11-17)27-15-26-19)7-10-25-9-4-3-8-23-28-12-22(2,13-29-23)14-30-23/h5-6,11H,3-4,7-10,12-15H2,1-2H3. The van der Waals surface area contributed by atoms with E-state index in [0.717, 1.165) is 47.8 Å². The van der Waals surface area contributed by atoms with Crippen molar-refractivity contribution in [2.24, 2.45) is 5.41 Å². The Morgan fingerprint density at radius 1 is 1.00 bits per heavy atom. The summed E-state index contributed by atoms with van der Waals surface area (Å²) in [5.74, 6) is 2.02. The second kappa shape index (κ2) is 8.43. The third kappa shape index (κ3) is 4.43. The van der Waals surface area contributed by atoms with E-state index >= 15 is 0 Å². The third-order valence-electron chi connectivity index (χ3n) is 5.94. The second-order valence-electron chi connectivity index (χ2n) is 8.77. The van der Waals surface area contributed by atoms with E-state index in [2.05, 4.69) is 11.9 Å². The van der Waals surface area contributed by atoms with Gasteiger partial charge in [0.25, 0.3) is 5.97 Å². The lowest BCUT2D eigenvalue weighted by molar-refractivity contribution is -0.467. The minimum atomic E-state index is -0.833. The summed E-state index contributed by atoms with van der Waals surface area (Å²) in [6, 6.07) is 5.69. The molecule has 0 amide bonds. The molecule has 6 rings (SSSR count). The molecule has 3 saturated heterocycles. The Labute approximate surface area is 181 Å². The zero-order valence-corrected chi connectivity index (χ0v) is 18.1. The molecule has 5 heterocycles. The van der Waals surface area contributed by atoms with Crippen molar-refractivity contribution in [3.63, 3.8) is 0 Å². The summed E-state index contributed by atoms with van der Waals surface area (Å²) in [4.78, 5) is 4.64. The van der Waals surface area contributed by atoms with Crippen LogP contribution in [0.15, 0.2) is 22.6 Å². The molecule has 2 aromatic rings. The van der Waals surface area contributed by atoms with Crippen LogP contribution in [-0.4, -0.2) is 50.8 Å². The van der Waals surface area contributed by atoms with Gasteiger partial charge in [-0.15, -0.1) is 0 Å². The molecule has 8 nitrogen and oxygen atoms in total. The highest BCUT2D eigenvalue weighted by Gasteiger charge is 2.49. The molecule has 31 heavy (non-hydrogen) atoms. The van der Waals surface area contributed by atoms with Crippen LogP contribution >= 0.6 is 0 Å². The fourth-order valence-electron chi connectivity index (χ4n) is 3.95. The van der Waals surface area contributed by atoms with Gasteiger partial charge in [-0.1, -0.05) is 6.92 Å². The van der Waals surface area contributed by atoms with E-state index < -0.39 is 5.97 Å². The summed E-state index contributed by atoms with van der Waals surface area (Å²) in [6.45, 7) is 7.69. The molecule has 0 spiro atoms. The summed E-state index contributed by atoms with van der Waals surface area (Å²) < 4.78 is 39.9. The maximum Gasteiger partial charge on any atom is 0.282 e. The maximum atomic E-state index is 5.85. The zero-order chi connectivity index (χ0) is 21.3. The number of oxazole rings is 1. The third-order valence-corrected chi connectivity index (χ3v) is 5.94. The molecule has 3 fully saturated rings. The minimum Gasteiger partial charge on any atom is -0.454 e. The molecule has 0 aliphatic carbocycles. The Bertz CT molecular complexity index is 900. The predicted molar refractivity (Wildman–Crippen MR) is 110 cm³/mol. The van der Waals surface area contributed by atoms with Gasteiger partial charge >= 0.3 is 0 Å². The van der Waals surface area contributed by atoms with Crippen molar-refractivity contribution >= 4 is 0 Å². The first kappa shape index (κ1) is 20.8. The number of fused-ring (bicyclic) bond motifs is 4. The number of unbranched alkanes of at least 4 members (excludes halogenated alkanes) is 1. The molecule has 168 valence electrons. The van der Waals surface area contributed by atoms with Crippen LogP contribution in [0.5, 0.6) is 11.5 Å². The molecule has 0 N–H and O–H groups in total. The van der Waals surface area contributed by atoms with Gasteiger partial charge < -0.3 is 32.8 Å². The van der Waals surface area contributed by atoms with E-state index in [4.69, 9.17) is 32.8 Å². The van der Waals surface area contributed by atoms with Gasteiger partial charge in [-0.25, -0.2) is 4.98 Å². The molecule has 0 radical (unpaired) electrons. The summed E-state index contributed by atoms with van der Waals surface area (Å²) in [6.07, 6.45) is 3.29. The monoisotopic (exact) mass is 431 g/mol. The fraction of sp³-hybridized carbons (Fsp3) is 0.609. The van der Waals surface area contributed by atoms with E-state index in [-0.39, 0.29) is 12.2 Å². The summed E-state index contributed by atoms with van der Waals surface area (Å²) >= 11 is 0. The first-order chi connectivity index (χ1) is 15.0. The van der Waals surface area contributed by atoms with Crippen molar-refractivity contribution in [1.82, 2.24) is 4.98 Å². The topological polar surface area (TPSA) is 81.4 Å². The van der Waals surface area contributed by atoms with Gasteiger partial charge in [-0.3, -0.25) is 0 Å². The molecule has 0 saturated carbocycles. The first-order valence-electron chi connectivity index (χ1n) is 10.9. The molecule has 8 heteroatoms. The maximum absolute atomic E-state index is 5.85. The summed E-state index contributed by atoms with van der Waals surface area (Å²) in [5, 5.41) is 0. The van der Waals surface area contributed by atoms with Gasteiger partial charge in [0.05, 0.1) is 32.1 Å². The van der Waals surface area contributed by atoms with Gasteiger partial charge in [-0.05, 0) is 38.0 Å². The summed E-state index contributed by atoms with van der Waals surface area (Å²) in [7, 11) is 0. The summed E-state index contributed by atoms with van der Waals surface area (Å²) in [5.41, 5.74) is 1.79. The average Bonchev–Trinajstić information content (AvgIpc) is 3.40. The molecule has 4 aliphatic rings. The van der Waals surface area contributed by atoms with Crippen molar-refractivity contribution < 1.29 is 32.8 Å². The Hall–Kier alpha value is -2.13. The highest BCUT2D eigenvalue weighted by atomic mass is 16.9. The molecule has 4 aliphatic heterocycles. The minimum absolute atomic E-state index is 0.00665. The van der Waals surface area contributed by atoms with Crippen LogP contribution in [0.3, 0.4) is 0 Å². The first-order valence-corrected chi connectivity index (χ1v) is 10.9. The lowest BCUT2D eigenvalue weighted by Gasteiger charge is -2.50. The number of hydrogen-bond donors (Lipinski definition) is 0. The van der Waals surface area contributed by atoms with Crippen LogP contribution in [0.4, 0.5) is 0 Å². The number of aryl methyl sites for hydroxylation is 1. The predicted octanol–water partition coefficient (Wildman–Crippen LogP) is 3.85. The highest BCUT2D eigenvalue weighted by molar-refractivity contribution is 5.60.